The summed E-state index contributed by atoms with van der Waals surface area (Å²) in [6.07, 6.45) is -0.742. The molecule has 2 N–H and O–H groups in total. The molecule has 1 atom stereocenters. The van der Waals surface area contributed by atoms with E-state index in [2.05, 4.69) is 10.0 Å². The van der Waals surface area contributed by atoms with Crippen molar-refractivity contribution in [3.63, 3.8) is 0 Å². The lowest BCUT2D eigenvalue weighted by atomic mass is 10.1. The van der Waals surface area contributed by atoms with E-state index in [0.29, 0.717) is 22.9 Å². The number of sulfonamides is 1. The normalized spacial score (nSPS) is 11.9. The fourth-order valence-electron chi connectivity index (χ4n) is 3.14. The molecule has 0 bridgehead atoms. The first kappa shape index (κ1) is 24.9. The maximum Gasteiger partial charge on any atom is 0.265 e. The molecule has 0 radical (unpaired) electrons. The minimum Gasteiger partial charge on any atom is -0.497 e. The first-order valence-corrected chi connectivity index (χ1v) is 12.0. The molecule has 3 rings (SSSR count). The number of anilines is 2. The van der Waals surface area contributed by atoms with Crippen LogP contribution in [0.2, 0.25) is 0 Å². The molecule has 180 valence electrons. The van der Waals surface area contributed by atoms with Crippen LogP contribution in [0.1, 0.15) is 18.1 Å². The molecule has 9 heteroatoms. The number of carbonyl (C=O) groups excluding carboxylic acids is 1. The van der Waals surface area contributed by atoms with E-state index in [-0.39, 0.29) is 16.5 Å². The minimum absolute atomic E-state index is 0.0306. The second kappa shape index (κ2) is 10.5. The molecule has 0 saturated heterocycles. The van der Waals surface area contributed by atoms with Crippen LogP contribution in [-0.2, 0) is 14.8 Å². The number of hydrogen-bond acceptors (Lipinski definition) is 6. The summed E-state index contributed by atoms with van der Waals surface area (Å²) in [6, 6.07) is 16.3. The first-order chi connectivity index (χ1) is 16.1. The molecular formula is C25H28N2O6S. The number of methoxy groups -OCH3 is 2. The van der Waals surface area contributed by atoms with E-state index >= 15 is 0 Å². The smallest absolute Gasteiger partial charge is 0.265 e. The van der Waals surface area contributed by atoms with Crippen molar-refractivity contribution in [3.8, 4) is 17.2 Å². The van der Waals surface area contributed by atoms with Crippen molar-refractivity contribution in [2.24, 2.45) is 0 Å². The minimum atomic E-state index is -3.88. The van der Waals surface area contributed by atoms with Crippen molar-refractivity contribution in [3.05, 3.63) is 71.8 Å². The van der Waals surface area contributed by atoms with E-state index in [1.807, 2.05) is 32.0 Å². The molecule has 0 heterocycles. The zero-order valence-corrected chi connectivity index (χ0v) is 20.5. The topological polar surface area (TPSA) is 103 Å². The van der Waals surface area contributed by atoms with Crippen LogP contribution >= 0.6 is 0 Å². The molecule has 8 nitrogen and oxygen atoms in total. The monoisotopic (exact) mass is 484 g/mol. The molecular weight excluding hydrogens is 456 g/mol. The quantitative estimate of drug-likeness (QED) is 0.463. The van der Waals surface area contributed by atoms with Gasteiger partial charge in [-0.3, -0.25) is 9.52 Å². The van der Waals surface area contributed by atoms with Crippen molar-refractivity contribution in [2.45, 2.75) is 31.8 Å². The Morgan fingerprint density at radius 2 is 1.62 bits per heavy atom. The average molecular weight is 485 g/mol. The van der Waals surface area contributed by atoms with Crippen LogP contribution in [0.15, 0.2) is 65.6 Å². The molecule has 0 aliphatic carbocycles. The highest BCUT2D eigenvalue weighted by molar-refractivity contribution is 7.92. The SMILES string of the molecule is COc1ccc(NS(=O)(=O)c2ccc(NC(=O)[C@@H](C)Oc3cccc(C)c3C)cc2)c(OC)c1. The molecule has 0 spiro atoms. The zero-order valence-electron chi connectivity index (χ0n) is 19.7. The molecule has 1 amide bonds. The van der Waals surface area contributed by atoms with Gasteiger partial charge >= 0.3 is 0 Å². The number of hydrogen-bond donors (Lipinski definition) is 2. The van der Waals surface area contributed by atoms with Crippen LogP contribution in [0.4, 0.5) is 11.4 Å². The third-order valence-corrected chi connectivity index (χ3v) is 6.69. The van der Waals surface area contributed by atoms with Crippen LogP contribution in [0.3, 0.4) is 0 Å². The van der Waals surface area contributed by atoms with Crippen LogP contribution in [0, 0.1) is 13.8 Å². The van der Waals surface area contributed by atoms with E-state index in [0.717, 1.165) is 11.1 Å². The van der Waals surface area contributed by atoms with Crippen molar-refractivity contribution in [1.29, 1.82) is 0 Å². The molecule has 3 aromatic rings. The Hall–Kier alpha value is -3.72. The molecule has 3 aromatic carbocycles. The summed E-state index contributed by atoms with van der Waals surface area (Å²) in [4.78, 5) is 12.6. The lowest BCUT2D eigenvalue weighted by Gasteiger charge is -2.17. The predicted octanol–water partition coefficient (Wildman–Crippen LogP) is 4.53. The number of rotatable bonds is 9. The third-order valence-electron chi connectivity index (χ3n) is 5.31. The van der Waals surface area contributed by atoms with Gasteiger partial charge in [0.15, 0.2) is 6.10 Å². The molecule has 0 unspecified atom stereocenters. The summed E-state index contributed by atoms with van der Waals surface area (Å²) in [5.74, 6) is 1.15. The van der Waals surface area contributed by atoms with E-state index in [9.17, 15) is 13.2 Å². The van der Waals surface area contributed by atoms with E-state index in [1.54, 1.807) is 25.1 Å². The maximum atomic E-state index is 12.8. The first-order valence-electron chi connectivity index (χ1n) is 10.5. The Kier molecular flexibility index (Phi) is 7.68. The summed E-state index contributed by atoms with van der Waals surface area (Å²) in [7, 11) is -0.936. The van der Waals surface area contributed by atoms with Gasteiger partial charge in [-0.15, -0.1) is 0 Å². The third kappa shape index (κ3) is 5.79. The van der Waals surface area contributed by atoms with Gasteiger partial charge in [-0.05, 0) is 74.4 Å². The summed E-state index contributed by atoms with van der Waals surface area (Å²) < 4.78 is 44.3. The van der Waals surface area contributed by atoms with Gasteiger partial charge in [0.1, 0.15) is 17.2 Å². The average Bonchev–Trinajstić information content (AvgIpc) is 2.82. The van der Waals surface area contributed by atoms with Gasteiger partial charge in [-0.1, -0.05) is 12.1 Å². The molecule has 0 aliphatic heterocycles. The highest BCUT2D eigenvalue weighted by atomic mass is 32.2. The van der Waals surface area contributed by atoms with Gasteiger partial charge in [0.05, 0.1) is 24.8 Å². The summed E-state index contributed by atoms with van der Waals surface area (Å²) in [5, 5.41) is 2.74. The maximum absolute atomic E-state index is 12.8. The number of aryl methyl sites for hydroxylation is 1. The Morgan fingerprint density at radius 1 is 0.912 bits per heavy atom. The largest absolute Gasteiger partial charge is 0.497 e. The Labute approximate surface area is 199 Å². The van der Waals surface area contributed by atoms with Gasteiger partial charge in [0.2, 0.25) is 0 Å². The van der Waals surface area contributed by atoms with E-state index in [1.165, 1.54) is 38.5 Å². The highest BCUT2D eigenvalue weighted by Crippen LogP contribution is 2.31. The molecule has 0 aliphatic rings. The van der Waals surface area contributed by atoms with Crippen molar-refractivity contribution < 1.29 is 27.4 Å². The number of nitrogens with one attached hydrogen (secondary N) is 2. The van der Waals surface area contributed by atoms with E-state index in [4.69, 9.17) is 14.2 Å². The number of benzene rings is 3. The van der Waals surface area contributed by atoms with Crippen LogP contribution in [-0.4, -0.2) is 34.6 Å². The molecule has 0 fully saturated rings. The fraction of sp³-hybridized carbons (Fsp3) is 0.240. The highest BCUT2D eigenvalue weighted by Gasteiger charge is 2.19. The summed E-state index contributed by atoms with van der Waals surface area (Å²) >= 11 is 0. The number of carbonyl (C=O) groups is 1. The van der Waals surface area contributed by atoms with Gasteiger partial charge < -0.3 is 19.5 Å². The second-order valence-electron chi connectivity index (χ2n) is 7.64. The Morgan fingerprint density at radius 3 is 2.26 bits per heavy atom. The van der Waals surface area contributed by atoms with Crippen molar-refractivity contribution in [2.75, 3.05) is 24.3 Å². The fourth-order valence-corrected chi connectivity index (χ4v) is 4.21. The molecule has 34 heavy (non-hydrogen) atoms. The van der Waals surface area contributed by atoms with Gasteiger partial charge in [0.25, 0.3) is 15.9 Å². The van der Waals surface area contributed by atoms with Gasteiger partial charge in [0, 0.05) is 11.8 Å². The zero-order chi connectivity index (χ0) is 24.9. The Bertz CT molecular complexity index is 1270. The van der Waals surface area contributed by atoms with E-state index < -0.39 is 16.1 Å². The predicted molar refractivity (Wildman–Crippen MR) is 131 cm³/mol. The van der Waals surface area contributed by atoms with Crippen LogP contribution < -0.4 is 24.2 Å². The number of amides is 1. The lowest BCUT2D eigenvalue weighted by molar-refractivity contribution is -0.122. The molecule has 0 aromatic heterocycles. The van der Waals surface area contributed by atoms with Gasteiger partial charge in [-0.2, -0.15) is 0 Å². The van der Waals surface area contributed by atoms with Crippen LogP contribution in [0.25, 0.3) is 0 Å². The second-order valence-corrected chi connectivity index (χ2v) is 9.33. The van der Waals surface area contributed by atoms with Crippen LogP contribution in [0.5, 0.6) is 17.2 Å². The summed E-state index contributed by atoms with van der Waals surface area (Å²) in [5.41, 5.74) is 2.76. The number of ether oxygens (including phenoxy) is 3. The summed E-state index contributed by atoms with van der Waals surface area (Å²) in [6.45, 7) is 5.56. The lowest BCUT2D eigenvalue weighted by Crippen LogP contribution is -2.30. The van der Waals surface area contributed by atoms with Gasteiger partial charge in [-0.25, -0.2) is 8.42 Å². The Balaban J connectivity index is 1.68. The van der Waals surface area contributed by atoms with Crippen molar-refractivity contribution >= 4 is 27.3 Å². The molecule has 0 saturated carbocycles. The van der Waals surface area contributed by atoms with Crippen molar-refractivity contribution in [1.82, 2.24) is 0 Å². The standard InChI is InChI=1S/C25H28N2O6S/c1-16-7-6-8-23(17(16)2)33-18(3)25(28)26-19-9-12-21(13-10-19)34(29,30)27-22-14-11-20(31-4)15-24(22)32-5/h6-15,18,27H,1-5H3,(H,26,28)/t18-/m1/s1.